The summed E-state index contributed by atoms with van der Waals surface area (Å²) in [6.07, 6.45) is 7.13. The van der Waals surface area contributed by atoms with Crippen LogP contribution in [0, 0.1) is 0 Å². The number of rotatable bonds is 4. The highest BCUT2D eigenvalue weighted by atomic mass is 16.5. The average Bonchev–Trinajstić information content (AvgIpc) is 3.44. The summed E-state index contributed by atoms with van der Waals surface area (Å²) in [5.74, 6) is 1.84. The fourth-order valence-electron chi connectivity index (χ4n) is 4.08. The van der Waals surface area contributed by atoms with Crippen molar-refractivity contribution in [3.05, 3.63) is 41.7 Å². The van der Waals surface area contributed by atoms with E-state index in [4.69, 9.17) is 14.5 Å². The molecule has 2 aliphatic heterocycles. The SMILES string of the molecule is O=C1CO[C@H](c2nc(C3CCOCC3)n[nH]2)[C@@H](c2cccnc2)N1C1CC1. The van der Waals surface area contributed by atoms with Gasteiger partial charge in [0.25, 0.3) is 0 Å². The molecule has 0 radical (unpaired) electrons. The lowest BCUT2D eigenvalue weighted by molar-refractivity contribution is -0.160. The van der Waals surface area contributed by atoms with Crippen molar-refractivity contribution in [2.75, 3.05) is 19.8 Å². The van der Waals surface area contributed by atoms with Crippen molar-refractivity contribution in [2.45, 2.75) is 49.8 Å². The zero-order valence-electron chi connectivity index (χ0n) is 15.1. The first-order valence-corrected chi connectivity index (χ1v) is 9.64. The highest BCUT2D eigenvalue weighted by molar-refractivity contribution is 5.79. The molecule has 3 fully saturated rings. The maximum absolute atomic E-state index is 12.6. The summed E-state index contributed by atoms with van der Waals surface area (Å²) in [7, 11) is 0. The van der Waals surface area contributed by atoms with Crippen molar-refractivity contribution in [1.29, 1.82) is 0 Å². The van der Waals surface area contributed by atoms with Crippen LogP contribution in [0.25, 0.3) is 0 Å². The Labute approximate surface area is 157 Å². The zero-order chi connectivity index (χ0) is 18.2. The van der Waals surface area contributed by atoms with Crippen LogP contribution >= 0.6 is 0 Å². The van der Waals surface area contributed by atoms with Gasteiger partial charge in [-0.1, -0.05) is 6.07 Å². The number of nitrogens with one attached hydrogen (secondary N) is 1. The predicted molar refractivity (Wildman–Crippen MR) is 94.7 cm³/mol. The van der Waals surface area contributed by atoms with Crippen LogP contribution in [0.3, 0.4) is 0 Å². The smallest absolute Gasteiger partial charge is 0.249 e. The molecule has 1 N–H and O–H groups in total. The lowest BCUT2D eigenvalue weighted by atomic mass is 9.98. The number of aromatic nitrogens is 4. The number of carbonyl (C=O) groups is 1. The standard InChI is InChI=1S/C19H23N5O3/c25-15-11-27-17(19-21-18(22-23-19)12-5-8-26-9-6-12)16(24(15)14-3-4-14)13-2-1-7-20-10-13/h1-2,7,10,12,14,16-17H,3-6,8-9,11H2,(H,21,22,23)/t16-,17+/m1/s1. The third-order valence-electron chi connectivity index (χ3n) is 5.60. The van der Waals surface area contributed by atoms with Gasteiger partial charge < -0.3 is 14.4 Å². The number of ether oxygens (including phenoxy) is 2. The maximum Gasteiger partial charge on any atom is 0.249 e. The molecular formula is C19H23N5O3. The van der Waals surface area contributed by atoms with Crippen LogP contribution in [-0.4, -0.2) is 56.8 Å². The lowest BCUT2D eigenvalue weighted by Gasteiger charge is -2.40. The first-order chi connectivity index (χ1) is 13.3. The summed E-state index contributed by atoms with van der Waals surface area (Å²) in [6.45, 7) is 1.57. The molecule has 2 aromatic rings. The van der Waals surface area contributed by atoms with Crippen LogP contribution < -0.4 is 0 Å². The fraction of sp³-hybridized carbons (Fsp3) is 0.579. The van der Waals surface area contributed by atoms with E-state index in [2.05, 4.69) is 15.2 Å². The number of morpholine rings is 1. The molecule has 0 spiro atoms. The average molecular weight is 369 g/mol. The van der Waals surface area contributed by atoms with Crippen molar-refractivity contribution in [3.63, 3.8) is 0 Å². The summed E-state index contributed by atoms with van der Waals surface area (Å²) < 4.78 is 11.4. The Bertz CT molecular complexity index is 801. The van der Waals surface area contributed by atoms with E-state index in [1.807, 2.05) is 23.2 Å². The van der Waals surface area contributed by atoms with Gasteiger partial charge in [-0.25, -0.2) is 4.98 Å². The van der Waals surface area contributed by atoms with E-state index in [-0.39, 0.29) is 30.7 Å². The zero-order valence-corrected chi connectivity index (χ0v) is 15.1. The largest absolute Gasteiger partial charge is 0.381 e. The van der Waals surface area contributed by atoms with E-state index in [1.54, 1.807) is 6.20 Å². The second-order valence-electron chi connectivity index (χ2n) is 7.46. The van der Waals surface area contributed by atoms with E-state index in [9.17, 15) is 4.79 Å². The number of H-pyrrole nitrogens is 1. The normalized spacial score (nSPS) is 27.1. The van der Waals surface area contributed by atoms with E-state index >= 15 is 0 Å². The predicted octanol–water partition coefficient (Wildman–Crippen LogP) is 1.90. The molecule has 2 atom stereocenters. The van der Waals surface area contributed by atoms with E-state index in [0.29, 0.717) is 11.7 Å². The van der Waals surface area contributed by atoms with Gasteiger partial charge in [0.1, 0.15) is 12.7 Å². The fourth-order valence-corrected chi connectivity index (χ4v) is 4.08. The van der Waals surface area contributed by atoms with E-state index in [1.165, 1.54) is 0 Å². The molecule has 0 bridgehead atoms. The van der Waals surface area contributed by atoms with Gasteiger partial charge in [0.05, 0.1) is 6.04 Å². The van der Waals surface area contributed by atoms with Crippen LogP contribution in [-0.2, 0) is 14.3 Å². The summed E-state index contributed by atoms with van der Waals surface area (Å²) >= 11 is 0. The molecule has 5 rings (SSSR count). The molecule has 1 saturated carbocycles. The van der Waals surface area contributed by atoms with Crippen molar-refractivity contribution in [3.8, 4) is 0 Å². The summed E-state index contributed by atoms with van der Waals surface area (Å²) in [5, 5.41) is 7.54. The third-order valence-corrected chi connectivity index (χ3v) is 5.60. The van der Waals surface area contributed by atoms with Crippen molar-refractivity contribution >= 4 is 5.91 Å². The second kappa shape index (κ2) is 7.01. The second-order valence-corrected chi connectivity index (χ2v) is 7.46. The first-order valence-electron chi connectivity index (χ1n) is 9.64. The van der Waals surface area contributed by atoms with Gasteiger partial charge in [0.2, 0.25) is 5.91 Å². The van der Waals surface area contributed by atoms with E-state index < -0.39 is 0 Å². The molecule has 142 valence electrons. The number of carbonyl (C=O) groups excluding carboxylic acids is 1. The minimum absolute atomic E-state index is 0.0340. The molecular weight excluding hydrogens is 346 g/mol. The molecule has 2 saturated heterocycles. The molecule has 0 aromatic carbocycles. The lowest BCUT2D eigenvalue weighted by Crippen LogP contribution is -2.47. The number of hydrogen-bond donors (Lipinski definition) is 1. The minimum Gasteiger partial charge on any atom is -0.381 e. The number of aromatic amines is 1. The Morgan fingerprint density at radius 2 is 2.04 bits per heavy atom. The van der Waals surface area contributed by atoms with Crippen LogP contribution in [0.15, 0.2) is 24.5 Å². The molecule has 8 nitrogen and oxygen atoms in total. The molecule has 8 heteroatoms. The summed E-state index contributed by atoms with van der Waals surface area (Å²) in [5.41, 5.74) is 0.964. The molecule has 1 aliphatic carbocycles. The molecule has 2 aromatic heterocycles. The Morgan fingerprint density at radius 1 is 1.19 bits per heavy atom. The van der Waals surface area contributed by atoms with Gasteiger partial charge in [-0.2, -0.15) is 5.10 Å². The van der Waals surface area contributed by atoms with Gasteiger partial charge >= 0.3 is 0 Å². The highest BCUT2D eigenvalue weighted by Crippen LogP contribution is 2.44. The third kappa shape index (κ3) is 3.23. The molecule has 27 heavy (non-hydrogen) atoms. The van der Waals surface area contributed by atoms with Crippen molar-refractivity contribution in [1.82, 2.24) is 25.1 Å². The van der Waals surface area contributed by atoms with Crippen molar-refractivity contribution in [2.24, 2.45) is 0 Å². The Balaban J connectivity index is 1.48. The number of pyridine rings is 1. The van der Waals surface area contributed by atoms with Crippen LogP contribution in [0.4, 0.5) is 0 Å². The van der Waals surface area contributed by atoms with Crippen LogP contribution in [0.2, 0.25) is 0 Å². The quantitative estimate of drug-likeness (QED) is 0.885. The van der Waals surface area contributed by atoms with E-state index in [0.717, 1.165) is 50.3 Å². The van der Waals surface area contributed by atoms with Gasteiger partial charge in [0.15, 0.2) is 11.6 Å². The summed E-state index contributed by atoms with van der Waals surface area (Å²) in [4.78, 5) is 23.6. The van der Waals surface area contributed by atoms with Gasteiger partial charge in [0, 0.05) is 37.6 Å². The van der Waals surface area contributed by atoms with Crippen LogP contribution in [0.1, 0.15) is 61.0 Å². The van der Waals surface area contributed by atoms with Crippen molar-refractivity contribution < 1.29 is 14.3 Å². The minimum atomic E-state index is -0.367. The Morgan fingerprint density at radius 3 is 2.78 bits per heavy atom. The number of nitrogens with zero attached hydrogens (tertiary/aromatic N) is 4. The number of hydrogen-bond acceptors (Lipinski definition) is 6. The Hall–Kier alpha value is -2.32. The van der Waals surface area contributed by atoms with Gasteiger partial charge in [-0.05, 0) is 37.3 Å². The Kier molecular flexibility index (Phi) is 4.37. The first kappa shape index (κ1) is 16.8. The van der Waals surface area contributed by atoms with Crippen LogP contribution in [0.5, 0.6) is 0 Å². The van der Waals surface area contributed by atoms with Gasteiger partial charge in [-0.15, -0.1) is 0 Å². The van der Waals surface area contributed by atoms with Gasteiger partial charge in [-0.3, -0.25) is 14.9 Å². The molecule has 3 aliphatic rings. The number of amides is 1. The molecule has 0 unspecified atom stereocenters. The maximum atomic E-state index is 12.6. The molecule has 4 heterocycles. The summed E-state index contributed by atoms with van der Waals surface area (Å²) in [6, 6.07) is 3.94. The topological polar surface area (TPSA) is 93.2 Å². The highest BCUT2D eigenvalue weighted by Gasteiger charge is 2.46. The monoisotopic (exact) mass is 369 g/mol. The molecule has 1 amide bonds.